The summed E-state index contributed by atoms with van der Waals surface area (Å²) < 4.78 is 12.9. The zero-order valence-electron chi connectivity index (χ0n) is 15.8. The molecule has 3 aliphatic rings. The van der Waals surface area contributed by atoms with Crippen LogP contribution >= 0.6 is 31.9 Å². The highest BCUT2D eigenvalue weighted by molar-refractivity contribution is 9.12. The molecule has 29 heavy (non-hydrogen) atoms. The van der Waals surface area contributed by atoms with Crippen LogP contribution in [0.1, 0.15) is 32.1 Å². The fourth-order valence-corrected chi connectivity index (χ4v) is 6.99. The van der Waals surface area contributed by atoms with E-state index in [-0.39, 0.29) is 56.9 Å². The van der Waals surface area contributed by atoms with Crippen molar-refractivity contribution in [2.45, 2.75) is 41.8 Å². The maximum atomic E-state index is 12.9. The molecule has 1 aliphatic heterocycles. The van der Waals surface area contributed by atoms with Crippen molar-refractivity contribution in [3.8, 4) is 0 Å². The van der Waals surface area contributed by atoms with Crippen LogP contribution in [0, 0.1) is 29.5 Å². The van der Waals surface area contributed by atoms with Gasteiger partial charge in [0.1, 0.15) is 5.82 Å². The highest BCUT2D eigenvalue weighted by Gasteiger charge is 2.66. The van der Waals surface area contributed by atoms with E-state index in [2.05, 4.69) is 37.2 Å². The van der Waals surface area contributed by atoms with Gasteiger partial charge in [-0.25, -0.2) is 4.39 Å². The standard InChI is InChI=1S/C21H23Br2FN2O3/c22-18-13-10-14(19(18)23)17-16(13)20(28)26(21(17)29)9-3-1-2-4-15(27)25-12-7-5-11(24)6-8-12/h5-8,13-14,16-19H,1-4,9-10H2,(H,25,27)/t13-,14+,16-,17-,18+,19+/m0/s1. The lowest BCUT2D eigenvalue weighted by Crippen LogP contribution is -2.37. The van der Waals surface area contributed by atoms with Crippen LogP contribution in [-0.2, 0) is 14.4 Å². The second-order valence-electron chi connectivity index (χ2n) is 8.20. The Morgan fingerprint density at radius 3 is 2.17 bits per heavy atom. The molecule has 1 aromatic carbocycles. The first-order valence-corrected chi connectivity index (χ1v) is 11.9. The fraction of sp³-hybridized carbons (Fsp3) is 0.571. The van der Waals surface area contributed by atoms with Gasteiger partial charge < -0.3 is 5.32 Å². The van der Waals surface area contributed by atoms with Crippen LogP contribution in [-0.4, -0.2) is 38.8 Å². The van der Waals surface area contributed by atoms with E-state index in [1.807, 2.05) is 0 Å². The predicted octanol–water partition coefficient (Wildman–Crippen LogP) is 4.10. The summed E-state index contributed by atoms with van der Waals surface area (Å²) in [5.41, 5.74) is 0.570. The molecule has 3 amide bonds. The van der Waals surface area contributed by atoms with Gasteiger partial charge in [-0.1, -0.05) is 38.3 Å². The van der Waals surface area contributed by atoms with Crippen LogP contribution in [0.5, 0.6) is 0 Å². The van der Waals surface area contributed by atoms with E-state index in [1.165, 1.54) is 29.2 Å². The molecule has 1 N–H and O–H groups in total. The highest BCUT2D eigenvalue weighted by Crippen LogP contribution is 2.60. The Hall–Kier alpha value is -1.28. The number of nitrogens with zero attached hydrogens (tertiary/aromatic N) is 1. The molecule has 2 aliphatic carbocycles. The third kappa shape index (κ3) is 3.90. The lowest BCUT2D eigenvalue weighted by molar-refractivity contribution is -0.140. The number of likely N-dealkylation sites (tertiary alicyclic amines) is 1. The van der Waals surface area contributed by atoms with Gasteiger partial charge in [0, 0.05) is 28.3 Å². The van der Waals surface area contributed by atoms with Gasteiger partial charge in [0.15, 0.2) is 0 Å². The molecule has 8 heteroatoms. The minimum atomic E-state index is -0.343. The van der Waals surface area contributed by atoms with Crippen molar-refractivity contribution in [1.29, 1.82) is 0 Å². The van der Waals surface area contributed by atoms with Gasteiger partial charge in [0.2, 0.25) is 17.7 Å². The summed E-state index contributed by atoms with van der Waals surface area (Å²) in [7, 11) is 0. The van der Waals surface area contributed by atoms with E-state index in [9.17, 15) is 18.8 Å². The first kappa shape index (κ1) is 21.0. The van der Waals surface area contributed by atoms with Gasteiger partial charge >= 0.3 is 0 Å². The summed E-state index contributed by atoms with van der Waals surface area (Å²) in [5, 5.41) is 2.73. The van der Waals surface area contributed by atoms with Gasteiger partial charge in [0.25, 0.3) is 0 Å². The molecule has 1 aromatic rings. The smallest absolute Gasteiger partial charge is 0.233 e. The van der Waals surface area contributed by atoms with Gasteiger partial charge in [-0.3, -0.25) is 19.3 Å². The zero-order chi connectivity index (χ0) is 20.7. The van der Waals surface area contributed by atoms with Crippen LogP contribution < -0.4 is 5.32 Å². The van der Waals surface area contributed by atoms with E-state index in [0.717, 1.165) is 12.8 Å². The number of unbranched alkanes of at least 4 members (excludes halogenated alkanes) is 2. The lowest BCUT2D eigenvalue weighted by atomic mass is 9.81. The van der Waals surface area contributed by atoms with E-state index in [1.54, 1.807) is 0 Å². The van der Waals surface area contributed by atoms with Gasteiger partial charge in [-0.2, -0.15) is 0 Å². The molecule has 0 unspecified atom stereocenters. The Bertz CT molecular complexity index is 787. The number of alkyl halides is 2. The average Bonchev–Trinajstić information content (AvgIpc) is 3.29. The Labute approximate surface area is 186 Å². The largest absolute Gasteiger partial charge is 0.326 e. The number of carbonyl (C=O) groups is 3. The number of imide groups is 1. The number of amides is 3. The van der Waals surface area contributed by atoms with Crippen molar-refractivity contribution >= 4 is 55.3 Å². The minimum Gasteiger partial charge on any atom is -0.326 e. The van der Waals surface area contributed by atoms with Crippen LogP contribution in [0.3, 0.4) is 0 Å². The molecule has 1 heterocycles. The molecule has 2 bridgehead atoms. The molecule has 3 fully saturated rings. The van der Waals surface area contributed by atoms with Crippen molar-refractivity contribution in [2.75, 3.05) is 11.9 Å². The summed E-state index contributed by atoms with van der Waals surface area (Å²) in [5.74, 6) is -0.320. The van der Waals surface area contributed by atoms with Gasteiger partial charge in [-0.15, -0.1) is 0 Å². The predicted molar refractivity (Wildman–Crippen MR) is 114 cm³/mol. The van der Waals surface area contributed by atoms with E-state index >= 15 is 0 Å². The van der Waals surface area contributed by atoms with Crippen LogP contribution in [0.4, 0.5) is 10.1 Å². The molecule has 6 atom stereocenters. The molecule has 0 aromatic heterocycles. The number of benzene rings is 1. The van der Waals surface area contributed by atoms with Crippen molar-refractivity contribution in [3.05, 3.63) is 30.1 Å². The molecule has 2 saturated carbocycles. The van der Waals surface area contributed by atoms with Crippen LogP contribution in [0.2, 0.25) is 0 Å². The quantitative estimate of drug-likeness (QED) is 0.328. The van der Waals surface area contributed by atoms with Gasteiger partial charge in [0.05, 0.1) is 11.8 Å². The zero-order valence-corrected chi connectivity index (χ0v) is 19.0. The van der Waals surface area contributed by atoms with Crippen molar-refractivity contribution in [1.82, 2.24) is 4.90 Å². The first-order chi connectivity index (χ1) is 13.9. The summed E-state index contributed by atoms with van der Waals surface area (Å²) in [6.07, 6.45) is 3.43. The second kappa shape index (κ2) is 8.46. The number of anilines is 1. The Balaban J connectivity index is 1.20. The normalized spacial score (nSPS) is 32.7. The van der Waals surface area contributed by atoms with Crippen LogP contribution in [0.25, 0.3) is 0 Å². The number of halogens is 3. The molecule has 1 saturated heterocycles. The van der Waals surface area contributed by atoms with Crippen molar-refractivity contribution in [3.63, 3.8) is 0 Å². The SMILES string of the molecule is O=C(CCCCCN1C(=O)[C@H]2[C@@H]3C[C@@H]([C@@H](Br)[C@@H]3Br)[C@@H]2C1=O)Nc1ccc(F)cc1. The number of nitrogens with one attached hydrogen (secondary N) is 1. The fourth-order valence-electron chi connectivity index (χ4n) is 5.12. The highest BCUT2D eigenvalue weighted by atomic mass is 79.9. The van der Waals surface area contributed by atoms with Gasteiger partial charge in [-0.05, 0) is 55.4 Å². The molecule has 4 rings (SSSR count). The number of rotatable bonds is 7. The lowest BCUT2D eigenvalue weighted by Gasteiger charge is -2.28. The van der Waals surface area contributed by atoms with E-state index < -0.39 is 0 Å². The first-order valence-electron chi connectivity index (χ1n) is 10.1. The number of hydrogen-bond donors (Lipinski definition) is 1. The minimum absolute atomic E-state index is 0.00889. The topological polar surface area (TPSA) is 66.5 Å². The van der Waals surface area contributed by atoms with E-state index in [0.29, 0.717) is 31.5 Å². The molecule has 0 radical (unpaired) electrons. The monoisotopic (exact) mass is 528 g/mol. The number of hydrogen-bond acceptors (Lipinski definition) is 3. The third-order valence-electron chi connectivity index (χ3n) is 6.49. The summed E-state index contributed by atoms with van der Waals surface area (Å²) in [4.78, 5) is 39.6. The number of carbonyl (C=O) groups excluding carboxylic acids is 3. The maximum Gasteiger partial charge on any atom is 0.233 e. The molecular weight excluding hydrogens is 507 g/mol. The molecular formula is C21H23Br2FN2O3. The Morgan fingerprint density at radius 1 is 1.00 bits per heavy atom. The average molecular weight is 530 g/mol. The maximum absolute atomic E-state index is 12.9. The van der Waals surface area contributed by atoms with Crippen molar-refractivity contribution in [2.24, 2.45) is 23.7 Å². The summed E-state index contributed by atoms with van der Waals surface area (Å²) in [6, 6.07) is 5.65. The number of fused-ring (bicyclic) bond motifs is 5. The summed E-state index contributed by atoms with van der Waals surface area (Å²) in [6.45, 7) is 0.434. The second-order valence-corrected chi connectivity index (χ2v) is 10.3. The molecule has 156 valence electrons. The van der Waals surface area contributed by atoms with Crippen molar-refractivity contribution < 1.29 is 18.8 Å². The Morgan fingerprint density at radius 2 is 1.59 bits per heavy atom. The molecule has 5 nitrogen and oxygen atoms in total. The Kier molecular flexibility index (Phi) is 6.11. The summed E-state index contributed by atoms with van der Waals surface area (Å²) >= 11 is 7.39. The molecule has 0 spiro atoms. The van der Waals surface area contributed by atoms with Crippen LogP contribution in [0.15, 0.2) is 24.3 Å². The van der Waals surface area contributed by atoms with E-state index in [4.69, 9.17) is 0 Å². The third-order valence-corrected chi connectivity index (χ3v) is 9.70.